The number of hydroxylamine groups is 1. The van der Waals surface area contributed by atoms with Crippen LogP contribution in [-0.4, -0.2) is 131 Å². The second kappa shape index (κ2) is 26.0. The second-order valence-electron chi connectivity index (χ2n) is 16.8. The lowest BCUT2D eigenvalue weighted by atomic mass is 9.84. The molecule has 1 amide bonds. The number of nitrogens with zero attached hydrogens (tertiary/aromatic N) is 8. The van der Waals surface area contributed by atoms with Crippen molar-refractivity contribution < 1.29 is 28.9 Å². The normalized spacial score (nSPS) is 16.8. The summed E-state index contributed by atoms with van der Waals surface area (Å²) in [5.74, 6) is 2.33. The van der Waals surface area contributed by atoms with Crippen LogP contribution in [0.4, 0.5) is 0 Å². The van der Waals surface area contributed by atoms with Gasteiger partial charge in [0.25, 0.3) is 0 Å². The number of aliphatic carboxylic acids is 1. The Morgan fingerprint density at radius 1 is 0.673 bits per heavy atom. The average molecular weight is 776 g/mol. The highest BCUT2D eigenvalue weighted by Crippen LogP contribution is 2.32. The molecule has 0 bridgehead atoms. The van der Waals surface area contributed by atoms with Crippen LogP contribution in [0, 0.1) is 11.8 Å². The van der Waals surface area contributed by atoms with Gasteiger partial charge in [0, 0.05) is 44.4 Å². The topological polar surface area (TPSA) is 177 Å². The number of carboxylic acids is 1. The standard InChI is InChI=1S/C20H37N5O3.C20H36N4O3/c1-24(2)12-13-25(3)15-18-21-20(28-23-18)17(14-19(26)22-27)11-7-10-16-8-5-4-6-9-16;1-23(2)12-13-24(3)15-18-21-20(27-22-18)17(14-19(25)26)11-7-10-16-8-5-4-6-9-16/h16-17,27H,4-15H2,1-3H3,(H,22,26);16-17H,4-15H2,1-3H3,(H,25,26)/t2*17-/m11/s1. The molecule has 2 heterocycles. The van der Waals surface area contributed by atoms with Crippen molar-refractivity contribution in [3.05, 3.63) is 23.4 Å². The molecule has 15 nitrogen and oxygen atoms in total. The summed E-state index contributed by atoms with van der Waals surface area (Å²) in [5.41, 5.74) is 1.73. The summed E-state index contributed by atoms with van der Waals surface area (Å²) in [6.07, 6.45) is 19.7. The third kappa shape index (κ3) is 19.6. The van der Waals surface area contributed by atoms with Gasteiger partial charge in [0.1, 0.15) is 0 Å². The summed E-state index contributed by atoms with van der Waals surface area (Å²) < 4.78 is 10.9. The van der Waals surface area contributed by atoms with Gasteiger partial charge in [-0.15, -0.1) is 0 Å². The van der Waals surface area contributed by atoms with Crippen LogP contribution in [0.5, 0.6) is 0 Å². The van der Waals surface area contributed by atoms with Gasteiger partial charge in [-0.3, -0.25) is 24.6 Å². The number of likely N-dealkylation sites (N-methyl/N-ethyl adjacent to an activating group) is 4. The summed E-state index contributed by atoms with van der Waals surface area (Å²) in [7, 11) is 12.2. The highest BCUT2D eigenvalue weighted by atomic mass is 16.5. The van der Waals surface area contributed by atoms with E-state index in [4.69, 9.17) is 14.3 Å². The SMILES string of the molecule is CN(C)CCN(C)Cc1noc([C@H](CCCC2CCCCC2)CC(=O)NO)n1.CN(C)CCN(C)Cc1noc([C@H](CCCC2CCCCC2)CC(=O)O)n1. The molecule has 0 spiro atoms. The molecule has 2 fully saturated rings. The molecule has 314 valence electrons. The number of carbonyl (C=O) groups is 2. The summed E-state index contributed by atoms with van der Waals surface area (Å²) in [6.45, 7) is 4.97. The number of carbonyl (C=O) groups excluding carboxylic acids is 1. The Bertz CT molecular complexity index is 1330. The average Bonchev–Trinajstić information content (AvgIpc) is 3.83. The van der Waals surface area contributed by atoms with E-state index in [2.05, 4.69) is 39.9 Å². The van der Waals surface area contributed by atoms with Crippen LogP contribution >= 0.6 is 0 Å². The quantitative estimate of drug-likeness (QED) is 0.0815. The Labute approximate surface area is 329 Å². The van der Waals surface area contributed by atoms with Gasteiger partial charge in [0.05, 0.1) is 19.5 Å². The van der Waals surface area contributed by atoms with E-state index in [0.29, 0.717) is 36.5 Å². The fraction of sp³-hybridized carbons (Fsp3) is 0.850. The van der Waals surface area contributed by atoms with Gasteiger partial charge in [-0.1, -0.05) is 100 Å². The molecule has 0 aliphatic heterocycles. The lowest BCUT2D eigenvalue weighted by Crippen LogP contribution is -2.28. The molecule has 2 aliphatic rings. The van der Waals surface area contributed by atoms with Crippen LogP contribution < -0.4 is 5.48 Å². The van der Waals surface area contributed by atoms with Gasteiger partial charge in [0.2, 0.25) is 17.7 Å². The lowest BCUT2D eigenvalue weighted by molar-refractivity contribution is -0.137. The maximum absolute atomic E-state index is 11.7. The van der Waals surface area contributed by atoms with E-state index in [1.54, 1.807) is 5.48 Å². The van der Waals surface area contributed by atoms with E-state index in [0.717, 1.165) is 63.7 Å². The minimum atomic E-state index is -0.805. The van der Waals surface area contributed by atoms with Crippen molar-refractivity contribution in [3.8, 4) is 0 Å². The largest absolute Gasteiger partial charge is 0.481 e. The van der Waals surface area contributed by atoms with Gasteiger partial charge < -0.3 is 24.0 Å². The number of aromatic nitrogens is 4. The molecule has 4 rings (SSSR count). The molecule has 2 atom stereocenters. The predicted octanol–water partition coefficient (Wildman–Crippen LogP) is 6.16. The summed E-state index contributed by atoms with van der Waals surface area (Å²) >= 11 is 0. The Balaban J connectivity index is 0.000000296. The van der Waals surface area contributed by atoms with Crippen molar-refractivity contribution in [1.29, 1.82) is 0 Å². The van der Waals surface area contributed by atoms with E-state index < -0.39 is 11.9 Å². The number of hydrogen-bond donors (Lipinski definition) is 3. The van der Waals surface area contributed by atoms with Gasteiger partial charge in [0.15, 0.2) is 11.6 Å². The number of rotatable bonds is 24. The van der Waals surface area contributed by atoms with E-state index in [1.807, 2.05) is 42.3 Å². The predicted molar refractivity (Wildman–Crippen MR) is 212 cm³/mol. The highest BCUT2D eigenvalue weighted by Gasteiger charge is 2.25. The molecule has 3 N–H and O–H groups in total. The minimum absolute atomic E-state index is 0.0583. The van der Waals surface area contributed by atoms with Crippen molar-refractivity contribution in [2.24, 2.45) is 11.8 Å². The summed E-state index contributed by atoms with van der Waals surface area (Å²) in [6, 6.07) is 0. The molecular weight excluding hydrogens is 702 g/mol. The van der Waals surface area contributed by atoms with Crippen molar-refractivity contribution in [3.63, 3.8) is 0 Å². The van der Waals surface area contributed by atoms with Crippen LogP contribution in [-0.2, 0) is 22.7 Å². The molecule has 0 saturated heterocycles. The van der Waals surface area contributed by atoms with Gasteiger partial charge >= 0.3 is 5.97 Å². The van der Waals surface area contributed by atoms with Crippen LogP contribution in [0.25, 0.3) is 0 Å². The number of nitrogens with one attached hydrogen (secondary N) is 1. The van der Waals surface area contributed by atoms with Crippen LogP contribution in [0.2, 0.25) is 0 Å². The Hall–Kier alpha value is -2.98. The van der Waals surface area contributed by atoms with Crippen molar-refractivity contribution in [1.82, 2.24) is 45.4 Å². The van der Waals surface area contributed by atoms with Crippen LogP contribution in [0.3, 0.4) is 0 Å². The van der Waals surface area contributed by atoms with E-state index >= 15 is 0 Å². The van der Waals surface area contributed by atoms with Crippen LogP contribution in [0.15, 0.2) is 9.05 Å². The Morgan fingerprint density at radius 3 is 1.47 bits per heavy atom. The van der Waals surface area contributed by atoms with E-state index in [-0.39, 0.29) is 24.7 Å². The van der Waals surface area contributed by atoms with Crippen molar-refractivity contribution in [2.75, 3.05) is 68.5 Å². The molecule has 0 unspecified atom stereocenters. The highest BCUT2D eigenvalue weighted by molar-refractivity contribution is 5.75. The maximum atomic E-state index is 11.7. The third-order valence-electron chi connectivity index (χ3n) is 11.1. The summed E-state index contributed by atoms with van der Waals surface area (Å²) in [5, 5.41) is 26.4. The second-order valence-corrected chi connectivity index (χ2v) is 16.8. The van der Waals surface area contributed by atoms with Gasteiger partial charge in [-0.2, -0.15) is 9.97 Å². The fourth-order valence-electron chi connectivity index (χ4n) is 7.74. The minimum Gasteiger partial charge on any atom is -0.481 e. The number of hydrogen-bond acceptors (Lipinski definition) is 13. The molecule has 55 heavy (non-hydrogen) atoms. The first-order chi connectivity index (χ1) is 26.4. The zero-order valence-corrected chi connectivity index (χ0v) is 34.9. The summed E-state index contributed by atoms with van der Waals surface area (Å²) in [4.78, 5) is 40.6. The molecular formula is C40H73N9O6. The zero-order valence-electron chi connectivity index (χ0n) is 34.9. The smallest absolute Gasteiger partial charge is 0.304 e. The van der Waals surface area contributed by atoms with Crippen molar-refractivity contribution >= 4 is 11.9 Å². The number of carboxylic acid groups (broad SMARTS) is 1. The van der Waals surface area contributed by atoms with Crippen molar-refractivity contribution in [2.45, 2.75) is 141 Å². The van der Waals surface area contributed by atoms with Gasteiger partial charge in [-0.25, -0.2) is 5.48 Å². The monoisotopic (exact) mass is 776 g/mol. The first-order valence-electron chi connectivity index (χ1n) is 20.9. The molecule has 2 aliphatic carbocycles. The van der Waals surface area contributed by atoms with Gasteiger partial charge in [-0.05, 0) is 67.0 Å². The van der Waals surface area contributed by atoms with E-state index in [9.17, 15) is 14.7 Å². The third-order valence-corrected chi connectivity index (χ3v) is 11.1. The molecule has 15 heteroatoms. The molecule has 0 radical (unpaired) electrons. The zero-order chi connectivity index (χ0) is 40.0. The molecule has 2 aromatic heterocycles. The first kappa shape index (κ1) is 46.4. The fourth-order valence-corrected chi connectivity index (χ4v) is 7.74. The lowest BCUT2D eigenvalue weighted by Gasteiger charge is -2.22. The molecule has 0 aromatic carbocycles. The molecule has 2 saturated carbocycles. The Kier molecular flexibility index (Phi) is 22.0. The molecule has 2 aromatic rings. The van der Waals surface area contributed by atoms with E-state index in [1.165, 1.54) is 77.0 Å². The number of amides is 1. The maximum Gasteiger partial charge on any atom is 0.304 e. The first-order valence-corrected chi connectivity index (χ1v) is 20.9. The Morgan fingerprint density at radius 2 is 1.09 bits per heavy atom. The van der Waals surface area contributed by atoms with Crippen LogP contribution in [0.1, 0.15) is 151 Å².